The summed E-state index contributed by atoms with van der Waals surface area (Å²) in [6.45, 7) is 0. The molecule has 0 amide bonds. The lowest BCUT2D eigenvalue weighted by molar-refractivity contribution is 0.480. The molecule has 0 radical (unpaired) electrons. The van der Waals surface area contributed by atoms with Gasteiger partial charge in [0.2, 0.25) is 0 Å². The van der Waals surface area contributed by atoms with Crippen LogP contribution in [0, 0.1) is 0 Å². The fraction of sp³-hybridized carbons (Fsp3) is 0.250. The first-order valence-electron chi connectivity index (χ1n) is 5.07. The van der Waals surface area contributed by atoms with E-state index in [4.69, 9.17) is 5.73 Å². The predicted octanol–water partition coefficient (Wildman–Crippen LogP) is 1.89. The van der Waals surface area contributed by atoms with Gasteiger partial charge in [-0.3, -0.25) is 4.98 Å². The Labute approximate surface area is 87.6 Å². The molecule has 15 heavy (non-hydrogen) atoms. The van der Waals surface area contributed by atoms with Gasteiger partial charge in [-0.1, -0.05) is 12.1 Å². The van der Waals surface area contributed by atoms with Crippen LogP contribution in [-0.4, -0.2) is 10.1 Å². The molecule has 3 N–H and O–H groups in total. The Morgan fingerprint density at radius 2 is 2.07 bits per heavy atom. The van der Waals surface area contributed by atoms with Crippen LogP contribution in [0.4, 0.5) is 0 Å². The lowest BCUT2D eigenvalue weighted by Crippen LogP contribution is -2.18. The highest BCUT2D eigenvalue weighted by Gasteiger charge is 2.41. The highest BCUT2D eigenvalue weighted by molar-refractivity contribution is 5.88. The molecule has 1 heterocycles. The first kappa shape index (κ1) is 8.68. The molecule has 0 aliphatic heterocycles. The van der Waals surface area contributed by atoms with Gasteiger partial charge in [-0.15, -0.1) is 0 Å². The minimum absolute atomic E-state index is 0.186. The summed E-state index contributed by atoms with van der Waals surface area (Å²) in [7, 11) is 0. The normalized spacial score (nSPS) is 17.9. The average Bonchev–Trinajstić information content (AvgIpc) is 2.98. The summed E-state index contributed by atoms with van der Waals surface area (Å²) in [6, 6.07) is 7.42. The maximum atomic E-state index is 9.68. The highest BCUT2D eigenvalue weighted by atomic mass is 16.3. The largest absolute Gasteiger partial charge is 0.506 e. The number of aromatic hydroxyl groups is 1. The molecule has 0 atom stereocenters. The van der Waals surface area contributed by atoms with Crippen LogP contribution in [0.1, 0.15) is 18.4 Å². The second kappa shape index (κ2) is 2.70. The molecule has 1 aliphatic rings. The van der Waals surface area contributed by atoms with Crippen LogP contribution in [0.2, 0.25) is 0 Å². The highest BCUT2D eigenvalue weighted by Crippen LogP contribution is 2.46. The number of nitrogens with two attached hydrogens (primary N) is 1. The first-order valence-corrected chi connectivity index (χ1v) is 5.07. The van der Waals surface area contributed by atoms with Gasteiger partial charge in [-0.2, -0.15) is 0 Å². The third kappa shape index (κ3) is 1.20. The number of hydrogen-bond acceptors (Lipinski definition) is 3. The predicted molar refractivity (Wildman–Crippen MR) is 58.5 cm³/mol. The van der Waals surface area contributed by atoms with Crippen LogP contribution in [0.5, 0.6) is 5.75 Å². The summed E-state index contributed by atoms with van der Waals surface area (Å²) in [5.74, 6) is 0.221. The van der Waals surface area contributed by atoms with Crippen LogP contribution in [0.25, 0.3) is 10.9 Å². The molecule has 1 aromatic heterocycles. The Balaban J connectivity index is 2.36. The zero-order chi connectivity index (χ0) is 10.5. The van der Waals surface area contributed by atoms with E-state index in [0.29, 0.717) is 5.52 Å². The number of hydrogen-bond donors (Lipinski definition) is 2. The van der Waals surface area contributed by atoms with Crippen molar-refractivity contribution in [1.29, 1.82) is 0 Å². The summed E-state index contributed by atoms with van der Waals surface area (Å²) >= 11 is 0. The van der Waals surface area contributed by atoms with E-state index >= 15 is 0 Å². The molecule has 1 aromatic carbocycles. The lowest BCUT2D eigenvalue weighted by atomic mass is 10.00. The third-order valence-electron chi connectivity index (χ3n) is 3.07. The summed E-state index contributed by atoms with van der Waals surface area (Å²) in [4.78, 5) is 4.18. The van der Waals surface area contributed by atoms with E-state index in [1.54, 1.807) is 12.3 Å². The molecule has 2 aromatic rings. The summed E-state index contributed by atoms with van der Waals surface area (Å²) in [5, 5.41) is 10.6. The zero-order valence-corrected chi connectivity index (χ0v) is 8.27. The standard InChI is InChI=1S/C12H12N2O/c13-12(5-6-12)9-3-4-10(15)11-8(9)2-1-7-14-11/h1-4,7,15H,5-6,13H2. The Kier molecular flexibility index (Phi) is 1.56. The topological polar surface area (TPSA) is 59.1 Å². The maximum Gasteiger partial charge on any atom is 0.141 e. The van der Waals surface area contributed by atoms with Gasteiger partial charge in [0.1, 0.15) is 11.3 Å². The third-order valence-corrected chi connectivity index (χ3v) is 3.07. The van der Waals surface area contributed by atoms with E-state index in [-0.39, 0.29) is 11.3 Å². The molecule has 1 aliphatic carbocycles. The number of rotatable bonds is 1. The summed E-state index contributed by atoms with van der Waals surface area (Å²) in [5.41, 5.74) is 7.73. The van der Waals surface area contributed by atoms with Crippen molar-refractivity contribution < 1.29 is 5.11 Å². The molecule has 76 valence electrons. The summed E-state index contributed by atoms with van der Waals surface area (Å²) in [6.07, 6.45) is 3.71. The van der Waals surface area contributed by atoms with E-state index in [0.717, 1.165) is 23.8 Å². The van der Waals surface area contributed by atoms with Crippen molar-refractivity contribution in [3.8, 4) is 5.75 Å². The Morgan fingerprint density at radius 3 is 2.80 bits per heavy atom. The number of pyridine rings is 1. The molecule has 0 bridgehead atoms. The van der Waals surface area contributed by atoms with Crippen LogP contribution in [0.3, 0.4) is 0 Å². The van der Waals surface area contributed by atoms with Crippen molar-refractivity contribution in [3.63, 3.8) is 0 Å². The summed E-state index contributed by atoms with van der Waals surface area (Å²) < 4.78 is 0. The number of phenols is 1. The lowest BCUT2D eigenvalue weighted by Gasteiger charge is -2.12. The van der Waals surface area contributed by atoms with Crippen molar-refractivity contribution in [1.82, 2.24) is 4.98 Å². The molecule has 0 spiro atoms. The Hall–Kier alpha value is -1.61. The second-order valence-electron chi connectivity index (χ2n) is 4.19. The molecular weight excluding hydrogens is 188 g/mol. The van der Waals surface area contributed by atoms with E-state index in [1.807, 2.05) is 18.2 Å². The zero-order valence-electron chi connectivity index (χ0n) is 8.27. The van der Waals surface area contributed by atoms with Crippen LogP contribution in [-0.2, 0) is 5.54 Å². The van der Waals surface area contributed by atoms with Gasteiger partial charge in [-0.05, 0) is 30.5 Å². The van der Waals surface area contributed by atoms with E-state index in [2.05, 4.69) is 4.98 Å². The van der Waals surface area contributed by atoms with Crippen LogP contribution < -0.4 is 5.73 Å². The van der Waals surface area contributed by atoms with Crippen molar-refractivity contribution in [2.45, 2.75) is 18.4 Å². The van der Waals surface area contributed by atoms with Crippen molar-refractivity contribution in [3.05, 3.63) is 36.0 Å². The minimum Gasteiger partial charge on any atom is -0.506 e. The Bertz CT molecular complexity index is 532. The van der Waals surface area contributed by atoms with Gasteiger partial charge in [0.25, 0.3) is 0 Å². The molecule has 3 nitrogen and oxygen atoms in total. The molecule has 0 saturated heterocycles. The molecule has 1 fully saturated rings. The van der Waals surface area contributed by atoms with Crippen molar-refractivity contribution in [2.75, 3.05) is 0 Å². The van der Waals surface area contributed by atoms with E-state index in [1.165, 1.54) is 0 Å². The fourth-order valence-corrected chi connectivity index (χ4v) is 2.00. The fourth-order valence-electron chi connectivity index (χ4n) is 2.00. The Morgan fingerprint density at radius 1 is 1.27 bits per heavy atom. The number of fused-ring (bicyclic) bond motifs is 1. The van der Waals surface area contributed by atoms with E-state index in [9.17, 15) is 5.11 Å². The van der Waals surface area contributed by atoms with Gasteiger partial charge in [0.15, 0.2) is 0 Å². The van der Waals surface area contributed by atoms with Crippen molar-refractivity contribution >= 4 is 10.9 Å². The molecular formula is C12H12N2O. The average molecular weight is 200 g/mol. The van der Waals surface area contributed by atoms with Gasteiger partial charge >= 0.3 is 0 Å². The van der Waals surface area contributed by atoms with Gasteiger partial charge < -0.3 is 10.8 Å². The number of aromatic nitrogens is 1. The number of nitrogens with zero attached hydrogens (tertiary/aromatic N) is 1. The molecule has 0 unspecified atom stereocenters. The quantitative estimate of drug-likeness (QED) is 0.739. The SMILES string of the molecule is NC1(c2ccc(O)c3ncccc23)CC1. The van der Waals surface area contributed by atoms with Crippen LogP contribution in [0.15, 0.2) is 30.5 Å². The number of phenolic OH excluding ortho intramolecular Hbond substituents is 1. The molecule has 3 rings (SSSR count). The molecule has 3 heteroatoms. The minimum atomic E-state index is -0.186. The maximum absolute atomic E-state index is 9.68. The second-order valence-corrected chi connectivity index (χ2v) is 4.19. The monoisotopic (exact) mass is 200 g/mol. The van der Waals surface area contributed by atoms with E-state index < -0.39 is 0 Å². The molecule has 1 saturated carbocycles. The van der Waals surface area contributed by atoms with Gasteiger partial charge in [0, 0.05) is 17.1 Å². The van der Waals surface area contributed by atoms with Crippen LogP contribution >= 0.6 is 0 Å². The first-order chi connectivity index (χ1) is 7.21. The smallest absolute Gasteiger partial charge is 0.141 e. The van der Waals surface area contributed by atoms with Crippen molar-refractivity contribution in [2.24, 2.45) is 5.73 Å². The number of benzene rings is 1. The van der Waals surface area contributed by atoms with Gasteiger partial charge in [0.05, 0.1) is 0 Å². The van der Waals surface area contributed by atoms with Gasteiger partial charge in [-0.25, -0.2) is 0 Å².